The zero-order valence-corrected chi connectivity index (χ0v) is 19.4. The number of hydrogen-bond acceptors (Lipinski definition) is 4. The Morgan fingerprint density at radius 1 is 1.06 bits per heavy atom. The summed E-state index contributed by atoms with van der Waals surface area (Å²) in [5.74, 6) is 0. The van der Waals surface area contributed by atoms with E-state index in [-0.39, 0.29) is 0 Å². The van der Waals surface area contributed by atoms with Gasteiger partial charge in [0.25, 0.3) is 0 Å². The van der Waals surface area contributed by atoms with Crippen LogP contribution in [0.3, 0.4) is 0 Å². The van der Waals surface area contributed by atoms with Gasteiger partial charge < -0.3 is 10.2 Å². The van der Waals surface area contributed by atoms with Gasteiger partial charge in [-0.15, -0.1) is 0 Å². The minimum Gasteiger partial charge on any atom is -0.346 e. The second-order valence-electron chi connectivity index (χ2n) is 8.18. The van der Waals surface area contributed by atoms with E-state index in [0.29, 0.717) is 6.54 Å². The van der Waals surface area contributed by atoms with E-state index < -0.39 is 0 Å². The van der Waals surface area contributed by atoms with E-state index in [1.807, 2.05) is 28.0 Å². The van der Waals surface area contributed by atoms with Gasteiger partial charge in [-0.25, -0.2) is 0 Å². The second kappa shape index (κ2) is 9.62. The normalized spacial score (nSPS) is 14.7. The van der Waals surface area contributed by atoms with E-state index in [4.69, 9.17) is 12.2 Å². The molecule has 1 aliphatic rings. The summed E-state index contributed by atoms with van der Waals surface area (Å²) >= 11 is 5.67. The molecule has 1 fully saturated rings. The highest BCUT2D eigenvalue weighted by atomic mass is 32.1. The standard InChI is InChI=1S/C23H31N7S/c1-4-30-19(3)21(13-25-30)16-29-17-22(14-24-29)26-23(31)28-10-8-27(9-11-28)15-20-7-5-6-18(2)12-20/h5-7,12-14,17H,4,8-11,15-16H2,1-3H3,(H,26,31). The fourth-order valence-corrected chi connectivity index (χ4v) is 4.33. The van der Waals surface area contributed by atoms with E-state index in [9.17, 15) is 0 Å². The van der Waals surface area contributed by atoms with Gasteiger partial charge in [-0.3, -0.25) is 14.3 Å². The number of nitrogens with zero attached hydrogens (tertiary/aromatic N) is 6. The number of rotatable bonds is 6. The maximum Gasteiger partial charge on any atom is 0.173 e. The van der Waals surface area contributed by atoms with E-state index in [1.165, 1.54) is 22.4 Å². The molecule has 0 spiro atoms. The van der Waals surface area contributed by atoms with E-state index in [2.05, 4.69) is 70.4 Å². The first kappa shape index (κ1) is 21.5. The molecule has 4 rings (SSSR count). The van der Waals surface area contributed by atoms with Gasteiger partial charge in [0, 0.05) is 56.7 Å². The van der Waals surface area contributed by atoms with Crippen LogP contribution in [0.2, 0.25) is 0 Å². The summed E-state index contributed by atoms with van der Waals surface area (Å²) in [5.41, 5.74) is 5.99. The van der Waals surface area contributed by atoms with Crippen molar-refractivity contribution < 1.29 is 0 Å². The Hall–Kier alpha value is -2.71. The van der Waals surface area contributed by atoms with Crippen LogP contribution in [-0.4, -0.2) is 60.7 Å². The van der Waals surface area contributed by atoms with Crippen LogP contribution in [0, 0.1) is 13.8 Å². The van der Waals surface area contributed by atoms with Crippen LogP contribution in [-0.2, 0) is 19.6 Å². The monoisotopic (exact) mass is 437 g/mol. The van der Waals surface area contributed by atoms with Crippen molar-refractivity contribution >= 4 is 23.0 Å². The third-order valence-electron chi connectivity index (χ3n) is 5.87. The quantitative estimate of drug-likeness (QED) is 0.598. The molecule has 0 saturated carbocycles. The average molecular weight is 438 g/mol. The van der Waals surface area contributed by atoms with E-state index in [0.717, 1.165) is 50.1 Å². The molecule has 0 bridgehead atoms. The van der Waals surface area contributed by atoms with Crippen molar-refractivity contribution in [3.05, 3.63) is 65.2 Å². The first-order chi connectivity index (χ1) is 15.0. The van der Waals surface area contributed by atoms with Crippen molar-refractivity contribution in [2.24, 2.45) is 0 Å². The summed E-state index contributed by atoms with van der Waals surface area (Å²) in [4.78, 5) is 4.74. The molecule has 31 heavy (non-hydrogen) atoms. The Morgan fingerprint density at radius 2 is 1.87 bits per heavy atom. The topological polar surface area (TPSA) is 54.2 Å². The SMILES string of the molecule is CCn1ncc(Cn2cc(NC(=S)N3CCN(Cc4cccc(C)c4)CC3)cn2)c1C. The largest absolute Gasteiger partial charge is 0.346 e. The predicted molar refractivity (Wildman–Crippen MR) is 128 cm³/mol. The van der Waals surface area contributed by atoms with Gasteiger partial charge in [-0.1, -0.05) is 29.8 Å². The third kappa shape index (κ3) is 5.32. The van der Waals surface area contributed by atoms with Crippen LogP contribution in [0.1, 0.15) is 29.3 Å². The highest BCUT2D eigenvalue weighted by Gasteiger charge is 2.19. The van der Waals surface area contributed by atoms with E-state index in [1.54, 1.807) is 0 Å². The van der Waals surface area contributed by atoms with Crippen LogP contribution in [0.15, 0.2) is 42.9 Å². The summed E-state index contributed by atoms with van der Waals surface area (Å²) in [6.07, 6.45) is 5.76. The van der Waals surface area contributed by atoms with Gasteiger partial charge in [-0.05, 0) is 38.6 Å². The summed E-state index contributed by atoms with van der Waals surface area (Å²) in [6, 6.07) is 8.76. The van der Waals surface area contributed by atoms with Gasteiger partial charge in [0.05, 0.1) is 24.6 Å². The van der Waals surface area contributed by atoms with Crippen LogP contribution in [0.5, 0.6) is 0 Å². The van der Waals surface area contributed by atoms with Crippen LogP contribution >= 0.6 is 12.2 Å². The number of nitrogens with one attached hydrogen (secondary N) is 1. The molecule has 3 aromatic rings. The highest BCUT2D eigenvalue weighted by molar-refractivity contribution is 7.80. The van der Waals surface area contributed by atoms with Gasteiger partial charge in [0.2, 0.25) is 0 Å². The number of hydrogen-bond donors (Lipinski definition) is 1. The Balaban J connectivity index is 1.27. The van der Waals surface area contributed by atoms with Gasteiger partial charge in [0.1, 0.15) is 0 Å². The molecule has 164 valence electrons. The first-order valence-corrected chi connectivity index (χ1v) is 11.3. The molecule has 3 heterocycles. The molecule has 1 aliphatic heterocycles. The lowest BCUT2D eigenvalue weighted by Gasteiger charge is -2.36. The Labute approximate surface area is 189 Å². The van der Waals surface area contributed by atoms with Crippen LogP contribution in [0.4, 0.5) is 5.69 Å². The third-order valence-corrected chi connectivity index (χ3v) is 6.23. The first-order valence-electron chi connectivity index (χ1n) is 10.9. The summed E-state index contributed by atoms with van der Waals surface area (Å²) < 4.78 is 3.93. The molecule has 0 amide bonds. The fourth-order valence-electron chi connectivity index (χ4n) is 4.03. The molecule has 1 aromatic carbocycles. The lowest BCUT2D eigenvalue weighted by molar-refractivity contribution is 0.177. The second-order valence-corrected chi connectivity index (χ2v) is 8.57. The molecule has 0 unspecified atom stereocenters. The fraction of sp³-hybridized carbons (Fsp3) is 0.435. The van der Waals surface area contributed by atoms with Crippen molar-refractivity contribution in [3.8, 4) is 0 Å². The lowest BCUT2D eigenvalue weighted by Crippen LogP contribution is -2.49. The summed E-state index contributed by atoms with van der Waals surface area (Å²) in [5, 5.41) is 13.0. The number of aromatic nitrogens is 4. The molecular weight excluding hydrogens is 406 g/mol. The van der Waals surface area contributed by atoms with Crippen molar-refractivity contribution in [2.45, 2.75) is 40.4 Å². The average Bonchev–Trinajstić information content (AvgIpc) is 3.35. The number of thiocarbonyl (C=S) groups is 1. The minimum atomic E-state index is 0.706. The molecule has 1 saturated heterocycles. The van der Waals surface area contributed by atoms with Crippen molar-refractivity contribution in [2.75, 3.05) is 31.5 Å². The molecule has 1 N–H and O–H groups in total. The molecule has 2 aromatic heterocycles. The minimum absolute atomic E-state index is 0.706. The van der Waals surface area contributed by atoms with Gasteiger partial charge in [0.15, 0.2) is 5.11 Å². The molecule has 0 aliphatic carbocycles. The maximum atomic E-state index is 5.67. The maximum absolute atomic E-state index is 5.67. The zero-order chi connectivity index (χ0) is 21.8. The van der Waals surface area contributed by atoms with Gasteiger partial charge in [-0.2, -0.15) is 10.2 Å². The molecular formula is C23H31N7S. The number of anilines is 1. The molecule has 7 nitrogen and oxygen atoms in total. The smallest absolute Gasteiger partial charge is 0.173 e. The van der Waals surface area contributed by atoms with Crippen LogP contribution in [0.25, 0.3) is 0 Å². The lowest BCUT2D eigenvalue weighted by atomic mass is 10.1. The number of benzene rings is 1. The Bertz CT molecular complexity index is 1030. The highest BCUT2D eigenvalue weighted by Crippen LogP contribution is 2.14. The number of aryl methyl sites for hydroxylation is 2. The number of piperazine rings is 1. The van der Waals surface area contributed by atoms with Gasteiger partial charge >= 0.3 is 0 Å². The molecule has 0 radical (unpaired) electrons. The summed E-state index contributed by atoms with van der Waals surface area (Å²) in [6.45, 7) is 12.8. The van der Waals surface area contributed by atoms with Crippen LogP contribution < -0.4 is 5.32 Å². The molecule has 0 atom stereocenters. The van der Waals surface area contributed by atoms with E-state index >= 15 is 0 Å². The van der Waals surface area contributed by atoms with Crippen molar-refractivity contribution in [3.63, 3.8) is 0 Å². The van der Waals surface area contributed by atoms with Crippen molar-refractivity contribution in [1.82, 2.24) is 29.4 Å². The summed E-state index contributed by atoms with van der Waals surface area (Å²) in [7, 11) is 0. The predicted octanol–water partition coefficient (Wildman–Crippen LogP) is 3.28. The Morgan fingerprint density at radius 3 is 2.58 bits per heavy atom. The molecule has 8 heteroatoms. The Kier molecular flexibility index (Phi) is 6.67. The zero-order valence-electron chi connectivity index (χ0n) is 18.6. The van der Waals surface area contributed by atoms with Crippen molar-refractivity contribution in [1.29, 1.82) is 0 Å².